The van der Waals surface area contributed by atoms with Crippen LogP contribution in [0.5, 0.6) is 5.75 Å². The first kappa shape index (κ1) is 33.1. The van der Waals surface area contributed by atoms with Crippen LogP contribution < -0.4 is 4.74 Å². The van der Waals surface area contributed by atoms with E-state index in [1.54, 1.807) is 24.3 Å². The van der Waals surface area contributed by atoms with E-state index in [0.717, 1.165) is 19.1 Å². The molecule has 1 aromatic carbocycles. The van der Waals surface area contributed by atoms with Crippen LogP contribution in [-0.4, -0.2) is 51.9 Å². The van der Waals surface area contributed by atoms with E-state index in [9.17, 15) is 9.59 Å². The fraction of sp³-hybridized carbons (Fsp3) is 0.742. The molecule has 0 amide bonds. The molecule has 6 heteroatoms. The number of aldehydes is 1. The van der Waals surface area contributed by atoms with Crippen molar-refractivity contribution in [2.75, 3.05) is 39.6 Å². The van der Waals surface area contributed by atoms with Gasteiger partial charge in [-0.3, -0.25) is 9.59 Å². The van der Waals surface area contributed by atoms with Gasteiger partial charge in [-0.25, -0.2) is 0 Å². The summed E-state index contributed by atoms with van der Waals surface area (Å²) in [5, 5.41) is 0. The Kier molecular flexibility index (Phi) is 23.0. The van der Waals surface area contributed by atoms with Crippen LogP contribution in [-0.2, 0) is 19.0 Å². The maximum absolute atomic E-state index is 11.8. The van der Waals surface area contributed by atoms with Crippen molar-refractivity contribution >= 4 is 12.3 Å². The highest BCUT2D eigenvalue weighted by Gasteiger charge is 2.03. The Balaban J connectivity index is 1.74. The van der Waals surface area contributed by atoms with E-state index in [1.807, 2.05) is 0 Å². The maximum atomic E-state index is 11.8. The van der Waals surface area contributed by atoms with Crippen molar-refractivity contribution in [3.05, 3.63) is 29.8 Å². The van der Waals surface area contributed by atoms with Gasteiger partial charge in [0, 0.05) is 12.0 Å². The van der Waals surface area contributed by atoms with Gasteiger partial charge in [0.1, 0.15) is 25.2 Å². The predicted molar refractivity (Wildman–Crippen MR) is 149 cm³/mol. The molecule has 1 aromatic rings. The number of ether oxygens (including phenoxy) is 4. The van der Waals surface area contributed by atoms with E-state index in [1.165, 1.54) is 83.5 Å². The van der Waals surface area contributed by atoms with Gasteiger partial charge >= 0.3 is 5.97 Å². The minimum atomic E-state index is -0.132. The summed E-state index contributed by atoms with van der Waals surface area (Å²) in [6, 6.07) is 6.94. The fourth-order valence-corrected chi connectivity index (χ4v) is 4.11. The first-order valence-corrected chi connectivity index (χ1v) is 14.8. The van der Waals surface area contributed by atoms with Crippen LogP contribution in [0.2, 0.25) is 0 Å². The van der Waals surface area contributed by atoms with Crippen molar-refractivity contribution in [1.29, 1.82) is 0 Å². The molecular formula is C31H52O6. The predicted octanol–water partition coefficient (Wildman–Crippen LogP) is 7.72. The topological polar surface area (TPSA) is 71.1 Å². The molecule has 0 fully saturated rings. The minimum absolute atomic E-state index is 0.132. The van der Waals surface area contributed by atoms with Crippen molar-refractivity contribution in [2.24, 2.45) is 0 Å². The molecule has 0 radical (unpaired) electrons. The Bertz CT molecular complexity index is 646. The van der Waals surface area contributed by atoms with Crippen molar-refractivity contribution < 1.29 is 28.5 Å². The summed E-state index contributed by atoms with van der Waals surface area (Å²) in [7, 11) is 0. The zero-order chi connectivity index (χ0) is 26.7. The second-order valence-corrected chi connectivity index (χ2v) is 9.68. The molecule has 0 N–H and O–H groups in total. The van der Waals surface area contributed by atoms with E-state index in [0.29, 0.717) is 50.8 Å². The molecule has 6 nitrogen and oxygen atoms in total. The average Bonchev–Trinajstić information content (AvgIpc) is 2.92. The SMILES string of the molecule is CCCCCCCCCCCCCCCCCC(=O)OCCOCCOCCOc1ccc(C=O)cc1. The molecule has 0 saturated carbocycles. The van der Waals surface area contributed by atoms with Gasteiger partial charge in [-0.2, -0.15) is 0 Å². The zero-order valence-corrected chi connectivity index (χ0v) is 23.4. The van der Waals surface area contributed by atoms with Crippen LogP contribution >= 0.6 is 0 Å². The molecule has 212 valence electrons. The molecule has 37 heavy (non-hydrogen) atoms. The van der Waals surface area contributed by atoms with Crippen LogP contribution in [0, 0.1) is 0 Å². The molecule has 0 aliphatic heterocycles. The number of hydrogen-bond donors (Lipinski definition) is 0. The summed E-state index contributed by atoms with van der Waals surface area (Å²) >= 11 is 0. The van der Waals surface area contributed by atoms with Crippen molar-refractivity contribution in [1.82, 2.24) is 0 Å². The van der Waals surface area contributed by atoms with E-state index < -0.39 is 0 Å². The number of carbonyl (C=O) groups is 2. The van der Waals surface area contributed by atoms with Crippen LogP contribution in [0.3, 0.4) is 0 Å². The normalized spacial score (nSPS) is 10.9. The van der Waals surface area contributed by atoms with Gasteiger partial charge in [0.2, 0.25) is 0 Å². The molecule has 0 spiro atoms. The molecule has 0 heterocycles. The Morgan fingerprint density at radius 2 is 1.08 bits per heavy atom. The lowest BCUT2D eigenvalue weighted by Gasteiger charge is -2.08. The van der Waals surface area contributed by atoms with E-state index >= 15 is 0 Å². The smallest absolute Gasteiger partial charge is 0.305 e. The summed E-state index contributed by atoms with van der Waals surface area (Å²) in [6.45, 7) is 4.73. The Hall–Kier alpha value is -1.92. The Morgan fingerprint density at radius 3 is 1.59 bits per heavy atom. The summed E-state index contributed by atoms with van der Waals surface area (Å²) in [5.41, 5.74) is 0.622. The first-order chi connectivity index (χ1) is 18.3. The number of hydrogen-bond acceptors (Lipinski definition) is 6. The van der Waals surface area contributed by atoms with Gasteiger partial charge in [-0.15, -0.1) is 0 Å². The quantitative estimate of drug-likeness (QED) is 0.0672. The average molecular weight is 521 g/mol. The van der Waals surface area contributed by atoms with E-state index in [-0.39, 0.29) is 12.6 Å². The molecule has 0 saturated heterocycles. The minimum Gasteiger partial charge on any atom is -0.491 e. The highest BCUT2D eigenvalue weighted by atomic mass is 16.6. The molecule has 0 atom stereocenters. The molecule has 0 unspecified atom stereocenters. The highest BCUT2D eigenvalue weighted by Crippen LogP contribution is 2.14. The molecule has 0 aliphatic rings. The Morgan fingerprint density at radius 1 is 0.622 bits per heavy atom. The lowest BCUT2D eigenvalue weighted by atomic mass is 10.0. The number of carbonyl (C=O) groups excluding carboxylic acids is 2. The van der Waals surface area contributed by atoms with Crippen LogP contribution in [0.4, 0.5) is 0 Å². The van der Waals surface area contributed by atoms with Crippen molar-refractivity contribution in [2.45, 2.75) is 110 Å². The second-order valence-electron chi connectivity index (χ2n) is 9.68. The summed E-state index contributed by atoms with van der Waals surface area (Å²) in [4.78, 5) is 22.4. The van der Waals surface area contributed by atoms with E-state index in [2.05, 4.69) is 6.92 Å². The van der Waals surface area contributed by atoms with Gasteiger partial charge < -0.3 is 18.9 Å². The largest absolute Gasteiger partial charge is 0.491 e. The third-order valence-corrected chi connectivity index (χ3v) is 6.36. The van der Waals surface area contributed by atoms with Crippen LogP contribution in [0.25, 0.3) is 0 Å². The highest BCUT2D eigenvalue weighted by molar-refractivity contribution is 5.74. The molecule has 0 aromatic heterocycles. The van der Waals surface area contributed by atoms with Crippen molar-refractivity contribution in [3.8, 4) is 5.75 Å². The van der Waals surface area contributed by atoms with Gasteiger partial charge in [-0.1, -0.05) is 96.8 Å². The second kappa shape index (κ2) is 25.7. The van der Waals surface area contributed by atoms with Gasteiger partial charge in [0.25, 0.3) is 0 Å². The first-order valence-electron chi connectivity index (χ1n) is 14.8. The number of rotatable bonds is 27. The summed E-state index contributed by atoms with van der Waals surface area (Å²) < 4.78 is 21.6. The van der Waals surface area contributed by atoms with Gasteiger partial charge in [0.15, 0.2) is 0 Å². The molecule has 0 aliphatic carbocycles. The van der Waals surface area contributed by atoms with Crippen LogP contribution in [0.1, 0.15) is 120 Å². The van der Waals surface area contributed by atoms with Crippen molar-refractivity contribution in [3.63, 3.8) is 0 Å². The van der Waals surface area contributed by atoms with E-state index in [4.69, 9.17) is 18.9 Å². The lowest BCUT2D eigenvalue weighted by Crippen LogP contribution is -2.14. The maximum Gasteiger partial charge on any atom is 0.305 e. The standard InChI is InChI=1S/C31H52O6/c1-2-3-4-5-6-7-8-9-10-11-12-13-14-15-16-17-31(33)37-27-25-35-23-22-34-24-26-36-30-20-18-29(28-32)19-21-30/h18-21,28H,2-17,22-27H2,1H3. The van der Waals surface area contributed by atoms with Gasteiger partial charge in [-0.05, 0) is 30.7 Å². The van der Waals surface area contributed by atoms with Crippen LogP contribution in [0.15, 0.2) is 24.3 Å². The molecule has 0 bridgehead atoms. The third kappa shape index (κ3) is 21.8. The molecule has 1 rings (SSSR count). The monoisotopic (exact) mass is 520 g/mol. The summed E-state index contributed by atoms with van der Waals surface area (Å²) in [5.74, 6) is 0.574. The number of esters is 1. The Labute approximate surface area is 225 Å². The lowest BCUT2D eigenvalue weighted by molar-refractivity contribution is -0.145. The zero-order valence-electron chi connectivity index (χ0n) is 23.4. The molecular weight excluding hydrogens is 468 g/mol. The number of unbranched alkanes of at least 4 members (excludes halogenated alkanes) is 14. The fourth-order valence-electron chi connectivity index (χ4n) is 4.11. The third-order valence-electron chi connectivity index (χ3n) is 6.36. The van der Waals surface area contributed by atoms with Gasteiger partial charge in [0.05, 0.1) is 26.4 Å². The number of benzene rings is 1. The summed E-state index contributed by atoms with van der Waals surface area (Å²) in [6.07, 6.45) is 21.1.